The van der Waals surface area contributed by atoms with Crippen LogP contribution < -0.4 is 4.74 Å². The molecule has 0 fully saturated rings. The molecule has 1 heterocycles. The van der Waals surface area contributed by atoms with Gasteiger partial charge in [0.15, 0.2) is 0 Å². The number of hydrogen-bond donors (Lipinski definition) is 1. The minimum Gasteiger partial charge on any atom is -0.491 e. The predicted octanol–water partition coefficient (Wildman–Crippen LogP) is 3.50. The van der Waals surface area contributed by atoms with Crippen molar-refractivity contribution in [2.75, 3.05) is 6.61 Å². The molecule has 0 amide bonds. The molecule has 0 aliphatic rings. The van der Waals surface area contributed by atoms with Crippen molar-refractivity contribution < 1.29 is 9.84 Å². The number of hydrogen-bond acceptors (Lipinski definition) is 3. The Kier molecular flexibility index (Phi) is 5.51. The monoisotopic (exact) mass is 328 g/mol. The average molecular weight is 329 g/mol. The molecule has 0 radical (unpaired) electrons. The topological polar surface area (TPSA) is 47.3 Å². The quantitative estimate of drug-likeness (QED) is 0.882. The van der Waals surface area contributed by atoms with Gasteiger partial charge in [0, 0.05) is 18.0 Å². The van der Waals surface area contributed by atoms with Crippen LogP contribution in [0.4, 0.5) is 0 Å². The second-order valence-corrected chi connectivity index (χ2v) is 5.60. The normalized spacial score (nSPS) is 12.4. The molecular formula is C15H18Cl2N2O2. The largest absolute Gasteiger partial charge is 0.491 e. The second kappa shape index (κ2) is 7.16. The molecule has 21 heavy (non-hydrogen) atoms. The standard InChI is InChI=1S/C15H18Cl2N2O2/c1-3-19-14(15(17)10(2)18-19)8-12(20)9-21-13-6-4-5-11(16)7-13/h4-7,12,20H,3,8-9H2,1-2H3. The lowest BCUT2D eigenvalue weighted by Crippen LogP contribution is -2.22. The Hall–Kier alpha value is -1.23. The Balaban J connectivity index is 1.97. The van der Waals surface area contributed by atoms with Crippen molar-refractivity contribution in [1.82, 2.24) is 9.78 Å². The zero-order chi connectivity index (χ0) is 15.4. The highest BCUT2D eigenvalue weighted by Gasteiger charge is 2.17. The van der Waals surface area contributed by atoms with E-state index in [4.69, 9.17) is 27.9 Å². The molecule has 1 atom stereocenters. The lowest BCUT2D eigenvalue weighted by molar-refractivity contribution is 0.106. The van der Waals surface area contributed by atoms with E-state index in [1.807, 2.05) is 13.8 Å². The van der Waals surface area contributed by atoms with Crippen molar-refractivity contribution in [3.05, 3.63) is 45.7 Å². The molecule has 0 saturated heterocycles. The van der Waals surface area contributed by atoms with E-state index in [1.165, 1.54) is 0 Å². The summed E-state index contributed by atoms with van der Waals surface area (Å²) in [6, 6.07) is 7.08. The van der Waals surface area contributed by atoms with E-state index in [2.05, 4.69) is 5.10 Å². The van der Waals surface area contributed by atoms with Crippen molar-refractivity contribution in [2.24, 2.45) is 0 Å². The molecule has 1 aromatic carbocycles. The van der Waals surface area contributed by atoms with Gasteiger partial charge in [-0.2, -0.15) is 5.10 Å². The average Bonchev–Trinajstić information content (AvgIpc) is 2.73. The Bertz CT molecular complexity index is 614. The molecular weight excluding hydrogens is 311 g/mol. The predicted molar refractivity (Wildman–Crippen MR) is 84.3 cm³/mol. The van der Waals surface area contributed by atoms with Crippen LogP contribution in [-0.2, 0) is 13.0 Å². The van der Waals surface area contributed by atoms with E-state index in [-0.39, 0.29) is 6.61 Å². The minimum atomic E-state index is -0.664. The third-order valence-corrected chi connectivity index (χ3v) is 3.85. The zero-order valence-corrected chi connectivity index (χ0v) is 13.5. The number of aryl methyl sites for hydroxylation is 2. The molecule has 0 spiro atoms. The first-order valence-electron chi connectivity index (χ1n) is 6.79. The summed E-state index contributed by atoms with van der Waals surface area (Å²) in [4.78, 5) is 0. The molecule has 114 valence electrons. The fourth-order valence-electron chi connectivity index (χ4n) is 2.10. The van der Waals surface area contributed by atoms with Crippen LogP contribution in [0.3, 0.4) is 0 Å². The number of aliphatic hydroxyl groups is 1. The SMILES string of the molecule is CCn1nc(C)c(Cl)c1CC(O)COc1cccc(Cl)c1. The van der Waals surface area contributed by atoms with Gasteiger partial charge < -0.3 is 9.84 Å². The van der Waals surface area contributed by atoms with Crippen molar-refractivity contribution >= 4 is 23.2 Å². The number of ether oxygens (including phenoxy) is 1. The van der Waals surface area contributed by atoms with Gasteiger partial charge in [0.2, 0.25) is 0 Å². The number of aliphatic hydroxyl groups excluding tert-OH is 1. The van der Waals surface area contributed by atoms with E-state index < -0.39 is 6.10 Å². The maximum atomic E-state index is 10.1. The summed E-state index contributed by atoms with van der Waals surface area (Å²) < 4.78 is 7.34. The van der Waals surface area contributed by atoms with Gasteiger partial charge in [0.1, 0.15) is 12.4 Å². The molecule has 1 N–H and O–H groups in total. The van der Waals surface area contributed by atoms with Gasteiger partial charge in [-0.15, -0.1) is 0 Å². The Morgan fingerprint density at radius 1 is 1.38 bits per heavy atom. The summed E-state index contributed by atoms with van der Waals surface area (Å²) >= 11 is 12.1. The molecule has 2 aromatic rings. The molecule has 2 rings (SSSR count). The smallest absolute Gasteiger partial charge is 0.120 e. The lowest BCUT2D eigenvalue weighted by Gasteiger charge is -2.13. The van der Waals surface area contributed by atoms with Crippen molar-refractivity contribution in [1.29, 1.82) is 0 Å². The Morgan fingerprint density at radius 2 is 2.14 bits per heavy atom. The molecule has 6 heteroatoms. The van der Waals surface area contributed by atoms with Crippen LogP contribution in [0.1, 0.15) is 18.3 Å². The Labute approximate surface area is 134 Å². The number of aromatic nitrogens is 2. The van der Waals surface area contributed by atoms with Crippen LogP contribution in [-0.4, -0.2) is 27.6 Å². The first kappa shape index (κ1) is 16.1. The third-order valence-electron chi connectivity index (χ3n) is 3.12. The van der Waals surface area contributed by atoms with E-state index in [0.29, 0.717) is 28.8 Å². The van der Waals surface area contributed by atoms with Crippen LogP contribution in [0.5, 0.6) is 5.75 Å². The highest BCUT2D eigenvalue weighted by atomic mass is 35.5. The van der Waals surface area contributed by atoms with Gasteiger partial charge in [0.05, 0.1) is 22.5 Å². The molecule has 0 saturated carbocycles. The van der Waals surface area contributed by atoms with E-state index in [9.17, 15) is 5.11 Å². The maximum absolute atomic E-state index is 10.1. The first-order chi connectivity index (χ1) is 10.0. The summed E-state index contributed by atoms with van der Waals surface area (Å²) in [5.74, 6) is 0.632. The van der Waals surface area contributed by atoms with E-state index in [0.717, 1.165) is 11.4 Å². The van der Waals surface area contributed by atoms with Crippen LogP contribution in [0.25, 0.3) is 0 Å². The van der Waals surface area contributed by atoms with Gasteiger partial charge in [0.25, 0.3) is 0 Å². The van der Waals surface area contributed by atoms with Crippen LogP contribution in [0.15, 0.2) is 24.3 Å². The molecule has 1 unspecified atom stereocenters. The lowest BCUT2D eigenvalue weighted by atomic mass is 10.2. The van der Waals surface area contributed by atoms with Gasteiger partial charge in [-0.25, -0.2) is 0 Å². The van der Waals surface area contributed by atoms with Crippen molar-refractivity contribution in [3.63, 3.8) is 0 Å². The van der Waals surface area contributed by atoms with Gasteiger partial charge in [-0.3, -0.25) is 4.68 Å². The van der Waals surface area contributed by atoms with E-state index in [1.54, 1.807) is 28.9 Å². The summed E-state index contributed by atoms with van der Waals surface area (Å²) in [5.41, 5.74) is 1.61. The van der Waals surface area contributed by atoms with Crippen molar-refractivity contribution in [2.45, 2.75) is 32.9 Å². The molecule has 0 aliphatic carbocycles. The van der Waals surface area contributed by atoms with Crippen LogP contribution >= 0.6 is 23.2 Å². The number of rotatable bonds is 6. The minimum absolute atomic E-state index is 0.171. The number of halogens is 2. The highest BCUT2D eigenvalue weighted by Crippen LogP contribution is 2.22. The fourth-order valence-corrected chi connectivity index (χ4v) is 2.49. The third kappa shape index (κ3) is 4.13. The highest BCUT2D eigenvalue weighted by molar-refractivity contribution is 6.31. The summed E-state index contributed by atoms with van der Waals surface area (Å²) in [6.45, 7) is 4.73. The van der Waals surface area contributed by atoms with Crippen LogP contribution in [0, 0.1) is 6.92 Å². The number of nitrogens with zero attached hydrogens (tertiary/aromatic N) is 2. The molecule has 1 aromatic heterocycles. The molecule has 0 aliphatic heterocycles. The molecule has 4 nitrogen and oxygen atoms in total. The van der Waals surface area contributed by atoms with Gasteiger partial charge >= 0.3 is 0 Å². The maximum Gasteiger partial charge on any atom is 0.120 e. The van der Waals surface area contributed by atoms with Gasteiger partial charge in [-0.1, -0.05) is 29.3 Å². The summed E-state index contributed by atoms with van der Waals surface area (Å²) in [6.07, 6.45) is -0.267. The van der Waals surface area contributed by atoms with Crippen molar-refractivity contribution in [3.8, 4) is 5.75 Å². The zero-order valence-electron chi connectivity index (χ0n) is 12.0. The first-order valence-corrected chi connectivity index (χ1v) is 7.55. The second-order valence-electron chi connectivity index (χ2n) is 4.79. The molecule has 0 bridgehead atoms. The summed E-state index contributed by atoms with van der Waals surface area (Å²) in [7, 11) is 0. The Morgan fingerprint density at radius 3 is 2.81 bits per heavy atom. The fraction of sp³-hybridized carbons (Fsp3) is 0.400. The van der Waals surface area contributed by atoms with Crippen LogP contribution in [0.2, 0.25) is 10.0 Å². The number of benzene rings is 1. The van der Waals surface area contributed by atoms with Gasteiger partial charge in [-0.05, 0) is 32.0 Å². The van der Waals surface area contributed by atoms with E-state index >= 15 is 0 Å². The summed E-state index contributed by atoms with van der Waals surface area (Å²) in [5, 5.41) is 15.7.